The van der Waals surface area contributed by atoms with E-state index in [4.69, 9.17) is 0 Å². The lowest BCUT2D eigenvalue weighted by atomic mass is 10.0. The number of hydrogen-bond donors (Lipinski definition) is 2. The molecule has 0 aliphatic heterocycles. The highest BCUT2D eigenvalue weighted by molar-refractivity contribution is 9.10. The van der Waals surface area contributed by atoms with Crippen molar-refractivity contribution < 1.29 is 5.11 Å². The molecule has 0 amide bonds. The SMILES string of the molecule is Cc1cc(CNC2CCCC2CO)ccc1Br. The van der Waals surface area contributed by atoms with Crippen LogP contribution in [0.5, 0.6) is 0 Å². The van der Waals surface area contributed by atoms with E-state index in [-0.39, 0.29) is 0 Å². The summed E-state index contributed by atoms with van der Waals surface area (Å²) in [6.45, 7) is 3.33. The smallest absolute Gasteiger partial charge is 0.0474 e. The van der Waals surface area contributed by atoms with Crippen LogP contribution in [0.2, 0.25) is 0 Å². The summed E-state index contributed by atoms with van der Waals surface area (Å²) in [4.78, 5) is 0. The van der Waals surface area contributed by atoms with E-state index >= 15 is 0 Å². The molecule has 1 saturated carbocycles. The number of halogens is 1. The first-order valence-corrected chi connectivity index (χ1v) is 7.09. The zero-order chi connectivity index (χ0) is 12.3. The van der Waals surface area contributed by atoms with E-state index in [1.54, 1.807) is 0 Å². The second-order valence-corrected chi connectivity index (χ2v) is 5.80. The van der Waals surface area contributed by atoms with E-state index in [9.17, 15) is 5.11 Å². The normalized spacial score (nSPS) is 24.2. The third-order valence-electron chi connectivity index (χ3n) is 3.68. The Morgan fingerprint density at radius 2 is 2.24 bits per heavy atom. The van der Waals surface area contributed by atoms with Crippen molar-refractivity contribution in [2.45, 2.75) is 38.8 Å². The van der Waals surface area contributed by atoms with Gasteiger partial charge >= 0.3 is 0 Å². The van der Waals surface area contributed by atoms with Crippen LogP contribution in [0.15, 0.2) is 22.7 Å². The lowest BCUT2D eigenvalue weighted by molar-refractivity contribution is 0.205. The molecule has 2 nitrogen and oxygen atoms in total. The van der Waals surface area contributed by atoms with Gasteiger partial charge in [-0.15, -0.1) is 0 Å². The highest BCUT2D eigenvalue weighted by atomic mass is 79.9. The maximum Gasteiger partial charge on any atom is 0.0474 e. The van der Waals surface area contributed by atoms with Gasteiger partial charge in [0.1, 0.15) is 0 Å². The predicted octanol–water partition coefficient (Wildman–Crippen LogP) is 3.01. The Morgan fingerprint density at radius 3 is 2.94 bits per heavy atom. The van der Waals surface area contributed by atoms with E-state index in [1.165, 1.54) is 24.0 Å². The number of aliphatic hydroxyl groups excluding tert-OH is 1. The molecule has 2 N–H and O–H groups in total. The molecule has 2 unspecified atom stereocenters. The van der Waals surface area contributed by atoms with Gasteiger partial charge in [-0.05, 0) is 42.9 Å². The maximum atomic E-state index is 9.27. The van der Waals surface area contributed by atoms with Crippen molar-refractivity contribution in [1.29, 1.82) is 0 Å². The quantitative estimate of drug-likeness (QED) is 0.895. The van der Waals surface area contributed by atoms with Gasteiger partial charge in [0.05, 0.1) is 0 Å². The third-order valence-corrected chi connectivity index (χ3v) is 4.57. The number of aryl methyl sites for hydroxylation is 1. The largest absolute Gasteiger partial charge is 0.396 e. The van der Waals surface area contributed by atoms with E-state index in [2.05, 4.69) is 46.4 Å². The Bertz CT molecular complexity index is 380. The molecule has 1 aromatic rings. The van der Waals surface area contributed by atoms with Crippen molar-refractivity contribution in [2.75, 3.05) is 6.61 Å². The topological polar surface area (TPSA) is 32.3 Å². The first kappa shape index (κ1) is 13.1. The number of hydrogen-bond acceptors (Lipinski definition) is 2. The molecular weight excluding hydrogens is 278 g/mol. The lowest BCUT2D eigenvalue weighted by Gasteiger charge is -2.19. The minimum Gasteiger partial charge on any atom is -0.396 e. The van der Waals surface area contributed by atoms with Crippen LogP contribution >= 0.6 is 15.9 Å². The first-order valence-electron chi connectivity index (χ1n) is 6.30. The highest BCUT2D eigenvalue weighted by Gasteiger charge is 2.25. The van der Waals surface area contributed by atoms with Crippen LogP contribution in [-0.4, -0.2) is 17.8 Å². The standard InChI is InChI=1S/C14H20BrNO/c1-10-7-11(5-6-13(10)15)8-16-14-4-2-3-12(14)9-17/h5-7,12,14,16-17H,2-4,8-9H2,1H3. The summed E-state index contributed by atoms with van der Waals surface area (Å²) in [6, 6.07) is 6.95. The van der Waals surface area contributed by atoms with Crippen molar-refractivity contribution in [2.24, 2.45) is 5.92 Å². The zero-order valence-electron chi connectivity index (χ0n) is 10.2. The average Bonchev–Trinajstić information content (AvgIpc) is 2.78. The minimum atomic E-state index is 0.317. The zero-order valence-corrected chi connectivity index (χ0v) is 11.8. The molecule has 0 aromatic heterocycles. The van der Waals surface area contributed by atoms with Gasteiger partial charge in [0, 0.05) is 23.7 Å². The number of aliphatic hydroxyl groups is 1. The first-order chi connectivity index (χ1) is 8.20. The van der Waals surface area contributed by atoms with Crippen molar-refractivity contribution in [3.05, 3.63) is 33.8 Å². The molecule has 0 saturated heterocycles. The van der Waals surface area contributed by atoms with Gasteiger partial charge in [0.15, 0.2) is 0 Å². The maximum absolute atomic E-state index is 9.27. The summed E-state index contributed by atoms with van der Waals surface area (Å²) < 4.78 is 1.16. The van der Waals surface area contributed by atoms with Crippen molar-refractivity contribution in [1.82, 2.24) is 5.32 Å². The molecule has 0 spiro atoms. The number of nitrogens with one attached hydrogen (secondary N) is 1. The molecular formula is C14H20BrNO. The van der Waals surface area contributed by atoms with Crippen LogP contribution in [0.3, 0.4) is 0 Å². The van der Waals surface area contributed by atoms with Crippen LogP contribution in [0.1, 0.15) is 30.4 Å². The molecule has 2 rings (SSSR count). The molecule has 94 valence electrons. The Kier molecular flexibility index (Phi) is 4.60. The summed E-state index contributed by atoms with van der Waals surface area (Å²) in [5.41, 5.74) is 2.59. The Hall–Kier alpha value is -0.380. The molecule has 1 aliphatic rings. The second kappa shape index (κ2) is 5.98. The summed E-state index contributed by atoms with van der Waals surface area (Å²) in [5, 5.41) is 12.8. The fourth-order valence-corrected chi connectivity index (χ4v) is 2.84. The van der Waals surface area contributed by atoms with Gasteiger partial charge in [-0.2, -0.15) is 0 Å². The summed E-state index contributed by atoms with van der Waals surface area (Å²) in [5.74, 6) is 0.451. The highest BCUT2D eigenvalue weighted by Crippen LogP contribution is 2.25. The Morgan fingerprint density at radius 1 is 1.41 bits per heavy atom. The van der Waals surface area contributed by atoms with Gasteiger partial charge in [0.25, 0.3) is 0 Å². The third kappa shape index (κ3) is 3.30. The summed E-state index contributed by atoms with van der Waals surface area (Å²) in [6.07, 6.45) is 3.59. The minimum absolute atomic E-state index is 0.317. The monoisotopic (exact) mass is 297 g/mol. The van der Waals surface area contributed by atoms with Crippen molar-refractivity contribution >= 4 is 15.9 Å². The van der Waals surface area contributed by atoms with Crippen molar-refractivity contribution in [3.8, 4) is 0 Å². The Balaban J connectivity index is 1.91. The fourth-order valence-electron chi connectivity index (χ4n) is 2.59. The van der Waals surface area contributed by atoms with Gasteiger partial charge in [-0.25, -0.2) is 0 Å². The van der Waals surface area contributed by atoms with E-state index in [0.717, 1.165) is 17.4 Å². The molecule has 1 fully saturated rings. The van der Waals surface area contributed by atoms with Crippen molar-refractivity contribution in [3.63, 3.8) is 0 Å². The van der Waals surface area contributed by atoms with Crippen LogP contribution in [0.25, 0.3) is 0 Å². The van der Waals surface area contributed by atoms with Crippen LogP contribution in [0, 0.1) is 12.8 Å². The summed E-state index contributed by atoms with van der Waals surface area (Å²) in [7, 11) is 0. The molecule has 1 aromatic carbocycles. The molecule has 17 heavy (non-hydrogen) atoms. The molecule has 2 atom stereocenters. The summed E-state index contributed by atoms with van der Waals surface area (Å²) >= 11 is 3.51. The van der Waals surface area contributed by atoms with Crippen LogP contribution in [-0.2, 0) is 6.54 Å². The molecule has 1 aliphatic carbocycles. The Labute approximate surface area is 112 Å². The average molecular weight is 298 g/mol. The van der Waals surface area contributed by atoms with E-state index in [1.807, 2.05) is 0 Å². The fraction of sp³-hybridized carbons (Fsp3) is 0.571. The van der Waals surface area contributed by atoms with Crippen LogP contribution < -0.4 is 5.32 Å². The van der Waals surface area contributed by atoms with Gasteiger partial charge in [-0.1, -0.05) is 34.5 Å². The number of rotatable bonds is 4. The molecule has 0 radical (unpaired) electrons. The molecule has 0 heterocycles. The van der Waals surface area contributed by atoms with Crippen LogP contribution in [0.4, 0.5) is 0 Å². The lowest BCUT2D eigenvalue weighted by Crippen LogP contribution is -2.33. The van der Waals surface area contributed by atoms with E-state index in [0.29, 0.717) is 18.6 Å². The second-order valence-electron chi connectivity index (χ2n) is 4.94. The van der Waals surface area contributed by atoms with E-state index < -0.39 is 0 Å². The van der Waals surface area contributed by atoms with Gasteiger partial charge in [0.2, 0.25) is 0 Å². The number of benzene rings is 1. The van der Waals surface area contributed by atoms with Gasteiger partial charge in [-0.3, -0.25) is 0 Å². The van der Waals surface area contributed by atoms with Gasteiger partial charge < -0.3 is 10.4 Å². The predicted molar refractivity (Wildman–Crippen MR) is 73.9 cm³/mol. The molecule has 0 bridgehead atoms. The molecule has 3 heteroatoms.